The lowest BCUT2D eigenvalue weighted by atomic mass is 9.73. The van der Waals surface area contributed by atoms with Crippen LogP contribution in [0.3, 0.4) is 0 Å². The summed E-state index contributed by atoms with van der Waals surface area (Å²) in [5, 5.41) is 10.7. The van der Waals surface area contributed by atoms with Crippen LogP contribution >= 0.6 is 15.9 Å². The molecule has 9 heteroatoms. The highest BCUT2D eigenvalue weighted by Gasteiger charge is 2.59. The van der Waals surface area contributed by atoms with Crippen molar-refractivity contribution < 1.29 is 28.9 Å². The van der Waals surface area contributed by atoms with E-state index in [4.69, 9.17) is 14.2 Å². The predicted octanol–water partition coefficient (Wildman–Crippen LogP) is 6.27. The maximum absolute atomic E-state index is 14.2. The van der Waals surface area contributed by atoms with Gasteiger partial charge in [0, 0.05) is 28.8 Å². The zero-order valence-corrected chi connectivity index (χ0v) is 25.9. The third kappa shape index (κ3) is 6.04. The Hall–Kier alpha value is -2.49. The van der Waals surface area contributed by atoms with E-state index in [0.29, 0.717) is 24.8 Å². The van der Waals surface area contributed by atoms with Crippen molar-refractivity contribution in [1.82, 2.24) is 9.88 Å². The molecule has 1 aromatic heterocycles. The summed E-state index contributed by atoms with van der Waals surface area (Å²) >= 11 is 3.69. The fraction of sp³-hybridized carbons (Fsp3) is 0.594. The molecule has 0 unspecified atom stereocenters. The first-order valence-corrected chi connectivity index (χ1v) is 15.5. The van der Waals surface area contributed by atoms with E-state index in [1.807, 2.05) is 51.2 Å². The molecule has 5 rings (SSSR count). The first kappa shape index (κ1) is 30.0. The molecular weight excluding hydrogens is 588 g/mol. The highest BCUT2D eigenvalue weighted by molar-refractivity contribution is 9.10. The first-order valence-electron chi connectivity index (χ1n) is 14.7. The molecule has 1 amide bonds. The molecule has 41 heavy (non-hydrogen) atoms. The number of carboxylic acid groups (broad SMARTS) is 1. The number of rotatable bonds is 8. The number of carbonyl (C=O) groups is 2. The van der Waals surface area contributed by atoms with Gasteiger partial charge in [-0.15, -0.1) is 0 Å². The first-order chi connectivity index (χ1) is 19.6. The second kappa shape index (κ2) is 12.4. The van der Waals surface area contributed by atoms with E-state index >= 15 is 0 Å². The van der Waals surface area contributed by atoms with Crippen LogP contribution in [0.15, 0.2) is 41.0 Å². The Morgan fingerprint density at radius 3 is 2.49 bits per heavy atom. The van der Waals surface area contributed by atoms with E-state index in [9.17, 15) is 14.7 Å². The number of carbonyl (C=O) groups excluding carboxylic acids is 1. The van der Waals surface area contributed by atoms with E-state index < -0.39 is 41.6 Å². The minimum Gasteiger partial charge on any atom is -0.481 e. The summed E-state index contributed by atoms with van der Waals surface area (Å²) in [5.41, 5.74) is 2.31. The van der Waals surface area contributed by atoms with Crippen LogP contribution in [0.2, 0.25) is 0 Å². The number of pyridine rings is 1. The van der Waals surface area contributed by atoms with Gasteiger partial charge in [-0.1, -0.05) is 61.3 Å². The summed E-state index contributed by atoms with van der Waals surface area (Å²) in [6.07, 6.45) is 6.46. The third-order valence-electron chi connectivity index (χ3n) is 8.94. The number of methoxy groups -OCH3 is 1. The van der Waals surface area contributed by atoms with Crippen LogP contribution < -0.4 is 4.74 Å². The molecule has 8 nitrogen and oxygen atoms in total. The van der Waals surface area contributed by atoms with E-state index in [1.54, 1.807) is 12.0 Å². The molecule has 222 valence electrons. The molecule has 1 aromatic carbocycles. The molecule has 2 aliphatic heterocycles. The van der Waals surface area contributed by atoms with Crippen LogP contribution in [-0.4, -0.2) is 58.8 Å². The summed E-state index contributed by atoms with van der Waals surface area (Å²) < 4.78 is 19.1. The lowest BCUT2D eigenvalue weighted by Crippen LogP contribution is -2.51. The van der Waals surface area contributed by atoms with E-state index in [2.05, 4.69) is 27.0 Å². The molecule has 3 aliphatic rings. The number of nitrogens with zero attached hydrogens (tertiary/aromatic N) is 2. The minimum atomic E-state index is -1.09. The Morgan fingerprint density at radius 1 is 1.15 bits per heavy atom. The van der Waals surface area contributed by atoms with Crippen LogP contribution in [-0.2, 0) is 25.7 Å². The third-order valence-corrected chi connectivity index (χ3v) is 9.66. The molecular formula is C32H41BrN2O6. The predicted molar refractivity (Wildman–Crippen MR) is 158 cm³/mol. The molecule has 0 bridgehead atoms. The summed E-state index contributed by atoms with van der Waals surface area (Å²) in [5.74, 6) is -0.838. The summed E-state index contributed by atoms with van der Waals surface area (Å²) in [7, 11) is 1.59. The van der Waals surface area contributed by atoms with Crippen molar-refractivity contribution in [3.8, 4) is 5.88 Å². The van der Waals surface area contributed by atoms with Crippen molar-refractivity contribution in [2.75, 3.05) is 13.7 Å². The highest BCUT2D eigenvalue weighted by atomic mass is 79.9. The van der Waals surface area contributed by atoms with Gasteiger partial charge in [0.05, 0.1) is 25.9 Å². The standard InChI is InChI=1S/C32H41BrN2O6/c1-32(2,3)25-27(31(37)38)35(30(36)24-14-7-8-15-40-24)26(22-12-5-6-13-23(22)33)28(25)41-18-21-16-20(19-10-9-11-19)17-34-29(21)39-4/h5-6,12-13,16-17,19,24-28H,7-11,14-15,18H2,1-4H3,(H,37,38)/t24-,25+,26-,27-,28-/m0/s1. The Morgan fingerprint density at radius 2 is 1.90 bits per heavy atom. The summed E-state index contributed by atoms with van der Waals surface area (Å²) in [4.78, 5) is 33.4. The van der Waals surface area contributed by atoms with Gasteiger partial charge in [0.2, 0.25) is 5.88 Å². The van der Waals surface area contributed by atoms with Gasteiger partial charge < -0.3 is 24.2 Å². The van der Waals surface area contributed by atoms with Gasteiger partial charge in [-0.05, 0) is 66.7 Å². The van der Waals surface area contributed by atoms with Gasteiger partial charge in [-0.25, -0.2) is 9.78 Å². The molecule has 3 heterocycles. The molecule has 0 radical (unpaired) electrons. The van der Waals surface area contributed by atoms with Gasteiger partial charge in [0.25, 0.3) is 5.91 Å². The Bertz CT molecular complexity index is 1250. The fourth-order valence-electron chi connectivity index (χ4n) is 6.69. The van der Waals surface area contributed by atoms with Gasteiger partial charge in [0.1, 0.15) is 12.1 Å². The van der Waals surface area contributed by atoms with Crippen molar-refractivity contribution in [1.29, 1.82) is 0 Å². The molecule has 0 spiro atoms. The summed E-state index contributed by atoms with van der Waals surface area (Å²) in [6, 6.07) is 8.06. The minimum absolute atomic E-state index is 0.184. The number of hydrogen-bond donors (Lipinski definition) is 1. The van der Waals surface area contributed by atoms with Crippen LogP contribution in [0, 0.1) is 11.3 Å². The quantitative estimate of drug-likeness (QED) is 0.368. The molecule has 1 N–H and O–H groups in total. The van der Waals surface area contributed by atoms with Crippen molar-refractivity contribution in [2.45, 2.75) is 96.1 Å². The number of amides is 1. The second-order valence-corrected chi connectivity index (χ2v) is 13.4. The average molecular weight is 630 g/mol. The van der Waals surface area contributed by atoms with Gasteiger partial charge >= 0.3 is 5.97 Å². The maximum atomic E-state index is 14.2. The molecule has 2 saturated heterocycles. The summed E-state index contributed by atoms with van der Waals surface area (Å²) in [6.45, 7) is 6.74. The number of halogens is 1. The smallest absolute Gasteiger partial charge is 0.326 e. The van der Waals surface area contributed by atoms with Crippen LogP contribution in [0.5, 0.6) is 5.88 Å². The van der Waals surface area contributed by atoms with E-state index in [1.165, 1.54) is 12.0 Å². The normalized spacial score (nSPS) is 27.0. The Labute approximate surface area is 250 Å². The van der Waals surface area contributed by atoms with Crippen molar-refractivity contribution in [2.24, 2.45) is 11.3 Å². The number of aromatic nitrogens is 1. The molecule has 1 aliphatic carbocycles. The van der Waals surface area contributed by atoms with Crippen LogP contribution in [0.25, 0.3) is 0 Å². The number of aliphatic carboxylic acids is 1. The molecule has 3 fully saturated rings. The fourth-order valence-corrected chi connectivity index (χ4v) is 7.21. The Kier molecular flexibility index (Phi) is 9.07. The SMILES string of the molecule is COc1ncc(C2CCC2)cc1CO[C@H]1[C@H](C(C)(C)C)[C@@H](C(=O)O)N(C(=O)[C@@H]2CCCCO2)[C@H]1c1ccccc1Br. The van der Waals surface area contributed by atoms with Gasteiger partial charge in [-0.2, -0.15) is 0 Å². The lowest BCUT2D eigenvalue weighted by Gasteiger charge is -2.35. The second-order valence-electron chi connectivity index (χ2n) is 12.6. The number of carboxylic acids is 1. The largest absolute Gasteiger partial charge is 0.481 e. The molecule has 1 saturated carbocycles. The zero-order chi connectivity index (χ0) is 29.3. The topological polar surface area (TPSA) is 98.2 Å². The number of benzene rings is 1. The lowest BCUT2D eigenvalue weighted by molar-refractivity contribution is -0.159. The van der Waals surface area contributed by atoms with E-state index in [-0.39, 0.29) is 12.5 Å². The zero-order valence-electron chi connectivity index (χ0n) is 24.3. The number of likely N-dealkylation sites (tertiary alicyclic amines) is 1. The van der Waals surface area contributed by atoms with Crippen LogP contribution in [0.4, 0.5) is 0 Å². The maximum Gasteiger partial charge on any atom is 0.326 e. The Balaban J connectivity index is 1.58. The monoisotopic (exact) mass is 628 g/mol. The molecule has 5 atom stereocenters. The van der Waals surface area contributed by atoms with Gasteiger partial charge in [0.15, 0.2) is 0 Å². The van der Waals surface area contributed by atoms with E-state index in [0.717, 1.165) is 41.3 Å². The van der Waals surface area contributed by atoms with Crippen molar-refractivity contribution in [3.05, 3.63) is 57.7 Å². The number of ether oxygens (including phenoxy) is 3. The van der Waals surface area contributed by atoms with Crippen molar-refractivity contribution in [3.63, 3.8) is 0 Å². The van der Waals surface area contributed by atoms with Crippen molar-refractivity contribution >= 4 is 27.8 Å². The van der Waals surface area contributed by atoms with Gasteiger partial charge in [-0.3, -0.25) is 4.79 Å². The average Bonchev–Trinajstić information content (AvgIpc) is 3.27. The molecule has 2 aromatic rings. The van der Waals surface area contributed by atoms with Crippen LogP contribution in [0.1, 0.15) is 87.9 Å². The highest BCUT2D eigenvalue weighted by Crippen LogP contribution is 2.51. The number of hydrogen-bond acceptors (Lipinski definition) is 6.